The summed E-state index contributed by atoms with van der Waals surface area (Å²) in [5, 5.41) is 5.11. The smallest absolute Gasteiger partial charge is 0.341 e. The number of esters is 1. The predicted octanol–water partition coefficient (Wildman–Crippen LogP) is 3.21. The Morgan fingerprint density at radius 2 is 1.93 bits per heavy atom. The number of anilines is 2. The van der Waals surface area contributed by atoms with Gasteiger partial charge in [-0.25, -0.2) is 9.18 Å². The molecule has 1 aromatic carbocycles. The molecule has 0 spiro atoms. The largest absolute Gasteiger partial charge is 0.462 e. The number of hydrogen-bond donors (Lipinski definition) is 1. The summed E-state index contributed by atoms with van der Waals surface area (Å²) >= 11 is 1.31. The molecule has 0 saturated carbocycles. The fraction of sp³-hybridized carbons (Fsp3) is 0.400. The summed E-state index contributed by atoms with van der Waals surface area (Å²) < 4.78 is 18.1. The predicted molar refractivity (Wildman–Crippen MR) is 109 cm³/mol. The first-order valence-electron chi connectivity index (χ1n) is 9.34. The number of benzene rings is 1. The van der Waals surface area contributed by atoms with Crippen LogP contribution in [-0.4, -0.2) is 56.1 Å². The Balaban J connectivity index is 1.53. The normalized spacial score (nSPS) is 15.1. The van der Waals surface area contributed by atoms with Gasteiger partial charge in [0.25, 0.3) is 0 Å². The van der Waals surface area contributed by atoms with Crippen LogP contribution in [-0.2, 0) is 9.53 Å². The Hall–Kier alpha value is -2.45. The van der Waals surface area contributed by atoms with Crippen LogP contribution >= 0.6 is 11.3 Å². The Labute approximate surface area is 167 Å². The van der Waals surface area contributed by atoms with Crippen LogP contribution in [0.3, 0.4) is 0 Å². The number of rotatable bonds is 6. The van der Waals surface area contributed by atoms with Gasteiger partial charge in [-0.3, -0.25) is 9.69 Å². The van der Waals surface area contributed by atoms with E-state index >= 15 is 0 Å². The summed E-state index contributed by atoms with van der Waals surface area (Å²) in [4.78, 5) is 28.7. The van der Waals surface area contributed by atoms with Crippen LogP contribution in [0.4, 0.5) is 15.1 Å². The number of nitrogens with zero attached hydrogens (tertiary/aromatic N) is 2. The van der Waals surface area contributed by atoms with Crippen LogP contribution < -0.4 is 10.2 Å². The van der Waals surface area contributed by atoms with Gasteiger partial charge in [-0.05, 0) is 49.1 Å². The third-order valence-electron chi connectivity index (χ3n) is 4.56. The molecule has 0 aliphatic carbocycles. The fourth-order valence-corrected chi connectivity index (χ4v) is 3.98. The van der Waals surface area contributed by atoms with Gasteiger partial charge in [-0.1, -0.05) is 0 Å². The SMILES string of the molecule is CCOC(=O)c1ccsc1NC(=O)CN1CCCN(c2ccc(F)cc2)CC1. The Morgan fingerprint density at radius 1 is 1.14 bits per heavy atom. The monoisotopic (exact) mass is 405 g/mol. The van der Waals surface area contributed by atoms with Gasteiger partial charge in [0.15, 0.2) is 0 Å². The first kappa shape index (κ1) is 20.3. The maximum Gasteiger partial charge on any atom is 0.341 e. The summed E-state index contributed by atoms with van der Waals surface area (Å²) in [6.45, 7) is 5.48. The third kappa shape index (κ3) is 5.30. The first-order chi connectivity index (χ1) is 13.6. The van der Waals surface area contributed by atoms with Crippen molar-refractivity contribution in [3.05, 3.63) is 47.1 Å². The lowest BCUT2D eigenvalue weighted by Crippen LogP contribution is -2.36. The van der Waals surface area contributed by atoms with Crippen molar-refractivity contribution in [3.63, 3.8) is 0 Å². The van der Waals surface area contributed by atoms with E-state index in [0.717, 1.165) is 38.3 Å². The molecule has 1 N–H and O–H groups in total. The number of amides is 1. The molecule has 2 heterocycles. The molecule has 0 atom stereocenters. The molecule has 1 saturated heterocycles. The van der Waals surface area contributed by atoms with E-state index in [1.165, 1.54) is 23.5 Å². The van der Waals surface area contributed by atoms with Gasteiger partial charge in [0, 0.05) is 31.9 Å². The highest BCUT2D eigenvalue weighted by molar-refractivity contribution is 7.14. The van der Waals surface area contributed by atoms with Crippen molar-refractivity contribution in [1.82, 2.24) is 4.90 Å². The maximum absolute atomic E-state index is 13.1. The summed E-state index contributed by atoms with van der Waals surface area (Å²) in [7, 11) is 0. The van der Waals surface area contributed by atoms with Crippen molar-refractivity contribution in [1.29, 1.82) is 0 Å². The zero-order valence-electron chi connectivity index (χ0n) is 15.8. The summed E-state index contributed by atoms with van der Waals surface area (Å²) in [6, 6.07) is 8.16. The standard InChI is InChI=1S/C20H24FN3O3S/c1-2-27-20(26)17-8-13-28-19(17)22-18(25)14-23-9-3-10-24(12-11-23)16-6-4-15(21)5-7-16/h4-8,13H,2-3,9-12,14H2,1H3,(H,22,25). The quantitative estimate of drug-likeness (QED) is 0.748. The highest BCUT2D eigenvalue weighted by atomic mass is 32.1. The van der Waals surface area contributed by atoms with Crippen molar-refractivity contribution in [2.75, 3.05) is 49.5 Å². The van der Waals surface area contributed by atoms with Crippen LogP contribution in [0, 0.1) is 5.82 Å². The highest BCUT2D eigenvalue weighted by Crippen LogP contribution is 2.24. The van der Waals surface area contributed by atoms with Gasteiger partial charge in [0.1, 0.15) is 10.8 Å². The van der Waals surface area contributed by atoms with Gasteiger partial charge < -0.3 is 15.0 Å². The molecule has 0 radical (unpaired) electrons. The first-order valence-corrected chi connectivity index (χ1v) is 10.2. The lowest BCUT2D eigenvalue weighted by atomic mass is 10.2. The van der Waals surface area contributed by atoms with Crippen molar-refractivity contribution in [2.45, 2.75) is 13.3 Å². The molecule has 28 heavy (non-hydrogen) atoms. The Bertz CT molecular complexity index is 809. The maximum atomic E-state index is 13.1. The number of carbonyl (C=O) groups is 2. The molecule has 0 bridgehead atoms. The molecule has 6 nitrogen and oxygen atoms in total. The number of thiophene rings is 1. The second-order valence-corrected chi connectivity index (χ2v) is 7.44. The zero-order chi connectivity index (χ0) is 19.9. The van der Waals surface area contributed by atoms with Crippen LogP contribution in [0.25, 0.3) is 0 Å². The molecule has 8 heteroatoms. The number of nitrogens with one attached hydrogen (secondary N) is 1. The van der Waals surface area contributed by atoms with Crippen molar-refractivity contribution in [2.24, 2.45) is 0 Å². The van der Waals surface area contributed by atoms with E-state index in [1.807, 2.05) is 0 Å². The molecule has 2 aromatic rings. The van der Waals surface area contributed by atoms with Gasteiger partial charge in [0.2, 0.25) is 5.91 Å². The molecule has 1 aliphatic heterocycles. The minimum absolute atomic E-state index is 0.150. The topological polar surface area (TPSA) is 61.9 Å². The number of hydrogen-bond acceptors (Lipinski definition) is 6. The minimum Gasteiger partial charge on any atom is -0.462 e. The van der Waals surface area contributed by atoms with E-state index in [1.54, 1.807) is 30.5 Å². The van der Waals surface area contributed by atoms with E-state index in [-0.39, 0.29) is 18.3 Å². The zero-order valence-corrected chi connectivity index (χ0v) is 16.6. The van der Waals surface area contributed by atoms with Gasteiger partial charge in [0.05, 0.1) is 18.7 Å². The van der Waals surface area contributed by atoms with Crippen LogP contribution in [0.5, 0.6) is 0 Å². The average Bonchev–Trinajstić information content (AvgIpc) is 3.01. The van der Waals surface area contributed by atoms with Gasteiger partial charge in [-0.2, -0.15) is 0 Å². The summed E-state index contributed by atoms with van der Waals surface area (Å²) in [5.74, 6) is -0.820. The number of halogens is 1. The molecule has 1 fully saturated rings. The summed E-state index contributed by atoms with van der Waals surface area (Å²) in [5.41, 5.74) is 1.38. The van der Waals surface area contributed by atoms with E-state index < -0.39 is 5.97 Å². The molecule has 1 aliphatic rings. The van der Waals surface area contributed by atoms with E-state index in [4.69, 9.17) is 4.74 Å². The molecular weight excluding hydrogens is 381 g/mol. The van der Waals surface area contributed by atoms with E-state index in [2.05, 4.69) is 15.1 Å². The number of carbonyl (C=O) groups excluding carboxylic acids is 2. The molecule has 0 unspecified atom stereocenters. The van der Waals surface area contributed by atoms with Crippen molar-refractivity contribution in [3.8, 4) is 0 Å². The number of ether oxygens (including phenoxy) is 1. The third-order valence-corrected chi connectivity index (χ3v) is 5.39. The molecular formula is C20H24FN3O3S. The van der Waals surface area contributed by atoms with Crippen molar-refractivity contribution >= 4 is 33.9 Å². The Morgan fingerprint density at radius 3 is 2.68 bits per heavy atom. The molecule has 1 amide bonds. The van der Waals surface area contributed by atoms with Crippen LogP contribution in [0.15, 0.2) is 35.7 Å². The lowest BCUT2D eigenvalue weighted by molar-refractivity contribution is -0.117. The second kappa shape index (κ2) is 9.66. The Kier molecular flexibility index (Phi) is 7.00. The lowest BCUT2D eigenvalue weighted by Gasteiger charge is -2.23. The fourth-order valence-electron chi connectivity index (χ4n) is 3.18. The summed E-state index contributed by atoms with van der Waals surface area (Å²) in [6.07, 6.45) is 0.914. The van der Waals surface area contributed by atoms with Crippen LogP contribution in [0.1, 0.15) is 23.7 Å². The molecule has 150 valence electrons. The van der Waals surface area contributed by atoms with Gasteiger partial charge >= 0.3 is 5.97 Å². The van der Waals surface area contributed by atoms with E-state index in [0.29, 0.717) is 17.2 Å². The highest BCUT2D eigenvalue weighted by Gasteiger charge is 2.20. The van der Waals surface area contributed by atoms with Crippen LogP contribution in [0.2, 0.25) is 0 Å². The molecule has 3 rings (SSSR count). The average molecular weight is 405 g/mol. The van der Waals surface area contributed by atoms with Crippen molar-refractivity contribution < 1.29 is 18.7 Å². The molecule has 1 aromatic heterocycles. The van der Waals surface area contributed by atoms with Gasteiger partial charge in [-0.15, -0.1) is 11.3 Å². The second-order valence-electron chi connectivity index (χ2n) is 6.53. The van der Waals surface area contributed by atoms with E-state index in [9.17, 15) is 14.0 Å². The minimum atomic E-state index is -0.427.